The Balaban J connectivity index is 1.42. The molecular formula is C24H28N2O5. The fourth-order valence-corrected chi connectivity index (χ4v) is 3.37. The fourth-order valence-electron chi connectivity index (χ4n) is 3.37. The minimum atomic E-state index is -0.903. The van der Waals surface area contributed by atoms with Gasteiger partial charge >= 0.3 is 5.97 Å². The maximum Gasteiger partial charge on any atom is 0.308 e. The van der Waals surface area contributed by atoms with Crippen LogP contribution in [0.3, 0.4) is 0 Å². The Morgan fingerprint density at radius 3 is 2.58 bits per heavy atom. The molecule has 1 aliphatic heterocycles. The van der Waals surface area contributed by atoms with E-state index in [0.29, 0.717) is 11.4 Å². The van der Waals surface area contributed by atoms with E-state index in [-0.39, 0.29) is 37.4 Å². The number of nitrogens with zero attached hydrogens (tertiary/aromatic N) is 1. The Morgan fingerprint density at radius 1 is 1.10 bits per heavy atom. The van der Waals surface area contributed by atoms with Crippen molar-refractivity contribution in [3.05, 3.63) is 60.2 Å². The third kappa shape index (κ3) is 6.31. The van der Waals surface area contributed by atoms with Crippen LogP contribution in [-0.2, 0) is 25.5 Å². The van der Waals surface area contributed by atoms with Gasteiger partial charge in [0, 0.05) is 12.6 Å². The first-order valence-electron chi connectivity index (χ1n) is 10.5. The number of hydrogen-bond acceptors (Lipinski definition) is 5. The molecule has 0 radical (unpaired) electrons. The highest BCUT2D eigenvalue weighted by molar-refractivity contribution is 5.98. The van der Waals surface area contributed by atoms with E-state index in [4.69, 9.17) is 9.47 Å². The normalized spacial score (nSPS) is 14.8. The van der Waals surface area contributed by atoms with Gasteiger partial charge in [-0.05, 0) is 44.4 Å². The Kier molecular flexibility index (Phi) is 7.65. The van der Waals surface area contributed by atoms with E-state index in [1.165, 1.54) is 10.5 Å². The van der Waals surface area contributed by atoms with Gasteiger partial charge in [-0.15, -0.1) is 0 Å². The average Bonchev–Trinajstić information content (AvgIpc) is 2.77. The zero-order valence-electron chi connectivity index (χ0n) is 17.9. The molecule has 0 aliphatic carbocycles. The molecule has 0 bridgehead atoms. The molecule has 7 nitrogen and oxygen atoms in total. The van der Waals surface area contributed by atoms with Crippen molar-refractivity contribution in [1.29, 1.82) is 0 Å². The van der Waals surface area contributed by atoms with E-state index in [0.717, 1.165) is 12.8 Å². The second kappa shape index (κ2) is 10.6. The van der Waals surface area contributed by atoms with Gasteiger partial charge in [-0.3, -0.25) is 14.4 Å². The third-order valence-corrected chi connectivity index (χ3v) is 5.12. The average molecular weight is 424 g/mol. The van der Waals surface area contributed by atoms with Crippen LogP contribution in [0, 0.1) is 0 Å². The number of benzene rings is 2. The van der Waals surface area contributed by atoms with Gasteiger partial charge < -0.3 is 19.7 Å². The van der Waals surface area contributed by atoms with E-state index in [1.54, 1.807) is 25.1 Å². The molecule has 1 N–H and O–H groups in total. The van der Waals surface area contributed by atoms with Crippen LogP contribution in [0.25, 0.3) is 0 Å². The van der Waals surface area contributed by atoms with Gasteiger partial charge in [0.25, 0.3) is 11.8 Å². The van der Waals surface area contributed by atoms with Crippen LogP contribution in [-0.4, -0.2) is 43.1 Å². The summed E-state index contributed by atoms with van der Waals surface area (Å²) >= 11 is 0. The molecule has 0 aromatic heterocycles. The van der Waals surface area contributed by atoms with Crippen LogP contribution in [0.4, 0.5) is 5.69 Å². The van der Waals surface area contributed by atoms with Gasteiger partial charge in [-0.1, -0.05) is 42.5 Å². The number of esters is 1. The van der Waals surface area contributed by atoms with Crippen molar-refractivity contribution in [3.63, 3.8) is 0 Å². The highest BCUT2D eigenvalue weighted by Crippen LogP contribution is 2.31. The third-order valence-electron chi connectivity index (χ3n) is 5.12. The molecule has 7 heteroatoms. The van der Waals surface area contributed by atoms with Crippen molar-refractivity contribution >= 4 is 23.5 Å². The largest absolute Gasteiger partial charge is 0.482 e. The molecule has 0 fully saturated rings. The van der Waals surface area contributed by atoms with Crippen molar-refractivity contribution in [1.82, 2.24) is 5.32 Å². The standard InChI is InChI=1S/C24H28N2O5/c1-17(12-13-19-8-4-3-5-9-19)25-24(29)18(2)31-23(28)14-15-26-20-10-6-7-11-21(20)30-16-22(26)27/h3-11,17-18H,12-16H2,1-2H3,(H,25,29)/t17-,18-/m1/s1. The molecule has 3 rings (SSSR count). The quantitative estimate of drug-likeness (QED) is 0.626. The van der Waals surface area contributed by atoms with E-state index >= 15 is 0 Å². The number of rotatable bonds is 9. The number of fused-ring (bicyclic) bond motifs is 1. The lowest BCUT2D eigenvalue weighted by Gasteiger charge is -2.29. The van der Waals surface area contributed by atoms with Crippen molar-refractivity contribution in [2.45, 2.75) is 45.3 Å². The van der Waals surface area contributed by atoms with E-state index in [9.17, 15) is 14.4 Å². The number of carbonyl (C=O) groups is 3. The van der Waals surface area contributed by atoms with Crippen molar-refractivity contribution in [2.24, 2.45) is 0 Å². The van der Waals surface area contributed by atoms with Gasteiger partial charge in [0.1, 0.15) is 5.75 Å². The van der Waals surface area contributed by atoms with Gasteiger partial charge in [-0.2, -0.15) is 0 Å². The molecule has 1 aliphatic rings. The number of aryl methyl sites for hydroxylation is 1. The van der Waals surface area contributed by atoms with E-state index in [1.807, 2.05) is 31.2 Å². The summed E-state index contributed by atoms with van der Waals surface area (Å²) in [5, 5.41) is 2.88. The highest BCUT2D eigenvalue weighted by Gasteiger charge is 2.26. The molecular weight excluding hydrogens is 396 g/mol. The first kappa shape index (κ1) is 22.3. The number of carbonyl (C=O) groups excluding carboxylic acids is 3. The summed E-state index contributed by atoms with van der Waals surface area (Å²) in [4.78, 5) is 38.3. The van der Waals surface area contributed by atoms with E-state index < -0.39 is 12.1 Å². The van der Waals surface area contributed by atoms with Crippen LogP contribution in [0.1, 0.15) is 32.3 Å². The molecule has 0 saturated heterocycles. The lowest BCUT2D eigenvalue weighted by molar-refractivity contribution is -0.154. The maximum absolute atomic E-state index is 12.4. The molecule has 2 aromatic carbocycles. The van der Waals surface area contributed by atoms with Crippen LogP contribution in [0.2, 0.25) is 0 Å². The monoisotopic (exact) mass is 424 g/mol. The highest BCUT2D eigenvalue weighted by atomic mass is 16.5. The number of para-hydroxylation sites is 2. The smallest absolute Gasteiger partial charge is 0.308 e. The number of nitrogens with one attached hydrogen (secondary N) is 1. The predicted molar refractivity (Wildman–Crippen MR) is 117 cm³/mol. The summed E-state index contributed by atoms with van der Waals surface area (Å²) < 4.78 is 10.7. The van der Waals surface area contributed by atoms with Gasteiger partial charge in [0.15, 0.2) is 12.7 Å². The molecule has 31 heavy (non-hydrogen) atoms. The number of anilines is 1. The summed E-state index contributed by atoms with van der Waals surface area (Å²) in [6, 6.07) is 17.2. The molecule has 0 spiro atoms. The van der Waals surface area contributed by atoms with Gasteiger partial charge in [0.2, 0.25) is 0 Å². The topological polar surface area (TPSA) is 84.9 Å². The summed E-state index contributed by atoms with van der Waals surface area (Å²) in [6.07, 6.45) is 0.723. The lowest BCUT2D eigenvalue weighted by Crippen LogP contribution is -2.42. The van der Waals surface area contributed by atoms with Gasteiger partial charge in [0.05, 0.1) is 12.1 Å². The number of ether oxygens (including phenoxy) is 2. The molecule has 0 unspecified atom stereocenters. The predicted octanol–water partition coefficient (Wildman–Crippen LogP) is 2.87. The van der Waals surface area contributed by atoms with Crippen molar-refractivity contribution in [3.8, 4) is 5.75 Å². The number of hydrogen-bond donors (Lipinski definition) is 1. The van der Waals surface area contributed by atoms with Crippen molar-refractivity contribution < 1.29 is 23.9 Å². The summed E-state index contributed by atoms with van der Waals surface area (Å²) in [5.41, 5.74) is 1.84. The zero-order valence-corrected chi connectivity index (χ0v) is 17.9. The zero-order chi connectivity index (χ0) is 22.2. The van der Waals surface area contributed by atoms with Crippen LogP contribution >= 0.6 is 0 Å². The second-order valence-corrected chi connectivity index (χ2v) is 7.62. The summed E-state index contributed by atoms with van der Waals surface area (Å²) in [7, 11) is 0. The first-order chi connectivity index (χ1) is 14.9. The van der Waals surface area contributed by atoms with Crippen LogP contribution < -0.4 is 15.0 Å². The molecule has 1 heterocycles. The number of amides is 2. The molecule has 2 aromatic rings. The van der Waals surface area contributed by atoms with E-state index in [2.05, 4.69) is 17.4 Å². The van der Waals surface area contributed by atoms with Crippen LogP contribution in [0.15, 0.2) is 54.6 Å². The second-order valence-electron chi connectivity index (χ2n) is 7.62. The van der Waals surface area contributed by atoms with Crippen LogP contribution in [0.5, 0.6) is 5.75 Å². The summed E-state index contributed by atoms with van der Waals surface area (Å²) in [5.74, 6) is -0.477. The fraction of sp³-hybridized carbons (Fsp3) is 0.375. The maximum atomic E-state index is 12.4. The Hall–Kier alpha value is -3.35. The lowest BCUT2D eigenvalue weighted by atomic mass is 10.1. The Labute approximate surface area is 182 Å². The molecule has 2 amide bonds. The SMILES string of the molecule is C[C@H](CCc1ccccc1)NC(=O)[C@@H](C)OC(=O)CCN1C(=O)COc2ccccc21. The molecule has 164 valence electrons. The minimum absolute atomic E-state index is 0.0126. The molecule has 0 saturated carbocycles. The Morgan fingerprint density at radius 2 is 1.81 bits per heavy atom. The molecule has 2 atom stereocenters. The first-order valence-corrected chi connectivity index (χ1v) is 10.5. The minimum Gasteiger partial charge on any atom is -0.482 e. The Bertz CT molecular complexity index is 915. The summed E-state index contributed by atoms with van der Waals surface area (Å²) in [6.45, 7) is 3.58. The van der Waals surface area contributed by atoms with Gasteiger partial charge in [-0.25, -0.2) is 0 Å². The van der Waals surface area contributed by atoms with Crippen molar-refractivity contribution in [2.75, 3.05) is 18.1 Å².